The van der Waals surface area contributed by atoms with E-state index in [9.17, 15) is 14.7 Å². The molecule has 0 saturated carbocycles. The average molecular weight is 276 g/mol. The van der Waals surface area contributed by atoms with Gasteiger partial charge < -0.3 is 10.0 Å². The quantitative estimate of drug-likeness (QED) is 0.899. The molecule has 2 unspecified atom stereocenters. The molecular weight excluding hydrogens is 256 g/mol. The first-order valence-corrected chi connectivity index (χ1v) is 6.67. The number of hydrogen-bond donors (Lipinski definition) is 1. The first-order chi connectivity index (χ1) is 9.41. The van der Waals surface area contributed by atoms with E-state index in [2.05, 4.69) is 0 Å². The molecule has 1 heterocycles. The van der Waals surface area contributed by atoms with Crippen molar-refractivity contribution in [2.75, 3.05) is 20.6 Å². The van der Waals surface area contributed by atoms with Gasteiger partial charge in [0, 0.05) is 27.2 Å². The Morgan fingerprint density at radius 3 is 2.60 bits per heavy atom. The first kappa shape index (κ1) is 14.5. The van der Waals surface area contributed by atoms with E-state index in [0.717, 1.165) is 11.1 Å². The van der Waals surface area contributed by atoms with Crippen molar-refractivity contribution in [1.29, 1.82) is 0 Å². The number of fused-ring (bicyclic) bond motifs is 1. The lowest BCUT2D eigenvalue weighted by Gasteiger charge is -2.36. The van der Waals surface area contributed by atoms with Crippen LogP contribution in [0.15, 0.2) is 24.3 Å². The fraction of sp³-hybridized carbons (Fsp3) is 0.467. The average Bonchev–Trinajstić information content (AvgIpc) is 2.44. The molecule has 0 aliphatic carbocycles. The summed E-state index contributed by atoms with van der Waals surface area (Å²) >= 11 is 0. The second-order valence-corrected chi connectivity index (χ2v) is 5.43. The number of likely N-dealkylation sites (N-methyl/N-ethyl adjacent to an activating group) is 1. The number of carbonyl (C=O) groups is 2. The predicted molar refractivity (Wildman–Crippen MR) is 75.4 cm³/mol. The van der Waals surface area contributed by atoms with Crippen molar-refractivity contribution < 1.29 is 14.7 Å². The lowest BCUT2D eigenvalue weighted by molar-refractivity contribution is -0.142. The fourth-order valence-electron chi connectivity index (χ4n) is 2.67. The van der Waals surface area contributed by atoms with E-state index in [0.29, 0.717) is 13.1 Å². The molecule has 0 saturated heterocycles. The van der Waals surface area contributed by atoms with Crippen LogP contribution < -0.4 is 0 Å². The van der Waals surface area contributed by atoms with Gasteiger partial charge in [0.25, 0.3) is 0 Å². The molecule has 0 fully saturated rings. The minimum atomic E-state index is -0.841. The smallest absolute Gasteiger partial charge is 0.312 e. The molecule has 0 spiro atoms. The molecule has 1 aromatic carbocycles. The summed E-state index contributed by atoms with van der Waals surface area (Å²) in [6.07, 6.45) is 0. The molecular formula is C15H20N2O3. The van der Waals surface area contributed by atoms with Crippen molar-refractivity contribution in [3.8, 4) is 0 Å². The van der Waals surface area contributed by atoms with Crippen LogP contribution in [-0.2, 0) is 16.1 Å². The summed E-state index contributed by atoms with van der Waals surface area (Å²) in [7, 11) is 3.43. The van der Waals surface area contributed by atoms with Gasteiger partial charge >= 0.3 is 5.97 Å². The van der Waals surface area contributed by atoms with Crippen LogP contribution in [0.1, 0.15) is 24.0 Å². The van der Waals surface area contributed by atoms with Gasteiger partial charge in [-0.15, -0.1) is 0 Å². The number of rotatable bonds is 3. The number of carbonyl (C=O) groups excluding carboxylic acids is 1. The summed E-state index contributed by atoms with van der Waals surface area (Å²) < 4.78 is 0. The van der Waals surface area contributed by atoms with Crippen LogP contribution in [0.3, 0.4) is 0 Å². The molecule has 0 bridgehead atoms. The maximum absolute atomic E-state index is 12.1. The number of amides is 1. The third-order valence-electron chi connectivity index (χ3n) is 3.87. The minimum absolute atomic E-state index is 0.00600. The highest BCUT2D eigenvalue weighted by Crippen LogP contribution is 2.29. The van der Waals surface area contributed by atoms with Gasteiger partial charge in [0.05, 0.1) is 12.0 Å². The molecule has 1 aliphatic rings. The summed E-state index contributed by atoms with van der Waals surface area (Å²) in [5.41, 5.74) is 1.85. The molecule has 1 N–H and O–H groups in total. The molecule has 20 heavy (non-hydrogen) atoms. The van der Waals surface area contributed by atoms with Crippen molar-refractivity contribution in [1.82, 2.24) is 9.80 Å². The zero-order chi connectivity index (χ0) is 14.9. The zero-order valence-electron chi connectivity index (χ0n) is 12.0. The Labute approximate surface area is 118 Å². The molecule has 1 aromatic rings. The Bertz CT molecular complexity index is 528. The molecule has 5 heteroatoms. The molecule has 1 aliphatic heterocycles. The van der Waals surface area contributed by atoms with Gasteiger partial charge in [0.15, 0.2) is 0 Å². The largest absolute Gasteiger partial charge is 0.481 e. The van der Waals surface area contributed by atoms with Gasteiger partial charge in [-0.05, 0) is 18.1 Å². The van der Waals surface area contributed by atoms with Crippen LogP contribution in [-0.4, -0.2) is 53.5 Å². The summed E-state index contributed by atoms with van der Waals surface area (Å²) in [4.78, 5) is 27.0. The van der Waals surface area contributed by atoms with E-state index in [4.69, 9.17) is 0 Å². The lowest BCUT2D eigenvalue weighted by atomic mass is 9.89. The highest BCUT2D eigenvalue weighted by atomic mass is 16.4. The lowest BCUT2D eigenvalue weighted by Crippen LogP contribution is -2.48. The third kappa shape index (κ3) is 2.67. The van der Waals surface area contributed by atoms with Crippen molar-refractivity contribution in [3.63, 3.8) is 0 Å². The van der Waals surface area contributed by atoms with Gasteiger partial charge in [-0.25, -0.2) is 0 Å². The van der Waals surface area contributed by atoms with Crippen molar-refractivity contribution in [2.24, 2.45) is 0 Å². The number of aliphatic carboxylic acids is 1. The van der Waals surface area contributed by atoms with E-state index >= 15 is 0 Å². The van der Waals surface area contributed by atoms with Crippen LogP contribution in [0.2, 0.25) is 0 Å². The van der Waals surface area contributed by atoms with Crippen LogP contribution in [0.5, 0.6) is 0 Å². The maximum atomic E-state index is 12.1. The molecule has 2 atom stereocenters. The maximum Gasteiger partial charge on any atom is 0.312 e. The Morgan fingerprint density at radius 2 is 2.00 bits per heavy atom. The minimum Gasteiger partial charge on any atom is -0.481 e. The fourth-order valence-corrected chi connectivity index (χ4v) is 2.67. The Hall–Kier alpha value is -1.88. The van der Waals surface area contributed by atoms with Crippen molar-refractivity contribution in [2.45, 2.75) is 25.4 Å². The van der Waals surface area contributed by atoms with Crippen LogP contribution in [0, 0.1) is 0 Å². The van der Waals surface area contributed by atoms with E-state index in [1.165, 1.54) is 0 Å². The zero-order valence-corrected chi connectivity index (χ0v) is 12.0. The summed E-state index contributed by atoms with van der Waals surface area (Å²) in [6.45, 7) is 2.81. The number of hydrogen-bond acceptors (Lipinski definition) is 3. The van der Waals surface area contributed by atoms with Gasteiger partial charge in [0.2, 0.25) is 5.91 Å². The number of carboxylic acids is 1. The standard InChI is InChI=1S/C15H20N2O3/c1-10(14(18)16(2)3)17-8-11-6-4-5-7-12(11)13(9-17)15(19)20/h4-7,10,13H,8-9H2,1-3H3,(H,19,20). The number of benzene rings is 1. The molecule has 5 nitrogen and oxygen atoms in total. The normalized spacial score (nSPS) is 20.1. The first-order valence-electron chi connectivity index (χ1n) is 6.67. The second kappa shape index (κ2) is 5.63. The molecule has 0 radical (unpaired) electrons. The Balaban J connectivity index is 2.29. The van der Waals surface area contributed by atoms with E-state index in [-0.39, 0.29) is 11.9 Å². The van der Waals surface area contributed by atoms with Gasteiger partial charge in [-0.3, -0.25) is 14.5 Å². The Morgan fingerprint density at radius 1 is 1.35 bits per heavy atom. The SMILES string of the molecule is CC(C(=O)N(C)C)N1Cc2ccccc2C(C(=O)O)C1. The van der Waals surface area contributed by atoms with Crippen LogP contribution in [0.25, 0.3) is 0 Å². The van der Waals surface area contributed by atoms with Crippen molar-refractivity contribution in [3.05, 3.63) is 35.4 Å². The van der Waals surface area contributed by atoms with Gasteiger partial charge in [-0.1, -0.05) is 24.3 Å². The molecule has 0 aromatic heterocycles. The summed E-state index contributed by atoms with van der Waals surface area (Å²) in [5.74, 6) is -1.42. The number of carboxylic acid groups (broad SMARTS) is 1. The monoisotopic (exact) mass is 276 g/mol. The topological polar surface area (TPSA) is 60.9 Å². The third-order valence-corrected chi connectivity index (χ3v) is 3.87. The predicted octanol–water partition coefficient (Wildman–Crippen LogP) is 1.15. The summed E-state index contributed by atoms with van der Waals surface area (Å²) in [6, 6.07) is 7.24. The van der Waals surface area contributed by atoms with Crippen LogP contribution in [0.4, 0.5) is 0 Å². The van der Waals surface area contributed by atoms with Gasteiger partial charge in [0.1, 0.15) is 0 Å². The molecule has 1 amide bonds. The van der Waals surface area contributed by atoms with E-state index in [1.807, 2.05) is 36.1 Å². The highest BCUT2D eigenvalue weighted by Gasteiger charge is 2.34. The van der Waals surface area contributed by atoms with Crippen LogP contribution >= 0.6 is 0 Å². The molecule has 108 valence electrons. The van der Waals surface area contributed by atoms with Gasteiger partial charge in [-0.2, -0.15) is 0 Å². The molecule has 2 rings (SSSR count). The van der Waals surface area contributed by atoms with E-state index in [1.54, 1.807) is 19.0 Å². The number of nitrogens with zero attached hydrogens (tertiary/aromatic N) is 2. The van der Waals surface area contributed by atoms with Crippen molar-refractivity contribution >= 4 is 11.9 Å². The second-order valence-electron chi connectivity index (χ2n) is 5.43. The highest BCUT2D eigenvalue weighted by molar-refractivity contribution is 5.82. The Kier molecular flexibility index (Phi) is 4.09. The summed E-state index contributed by atoms with van der Waals surface area (Å²) in [5, 5.41) is 9.41. The van der Waals surface area contributed by atoms with E-state index < -0.39 is 11.9 Å².